The lowest BCUT2D eigenvalue weighted by Gasteiger charge is -2.09. The Balaban J connectivity index is 1.88. The van der Waals surface area contributed by atoms with Crippen LogP contribution in [0.3, 0.4) is 0 Å². The summed E-state index contributed by atoms with van der Waals surface area (Å²) in [5.74, 6) is 0.399. The molecule has 0 saturated heterocycles. The molecule has 0 bridgehead atoms. The third kappa shape index (κ3) is 2.71. The van der Waals surface area contributed by atoms with E-state index >= 15 is 0 Å². The highest BCUT2D eigenvalue weighted by Crippen LogP contribution is 2.33. The Morgan fingerprint density at radius 2 is 1.92 bits per heavy atom. The van der Waals surface area contributed by atoms with E-state index in [0.29, 0.717) is 5.56 Å². The van der Waals surface area contributed by atoms with Gasteiger partial charge in [0.2, 0.25) is 0 Å². The number of nitrogens with two attached hydrogens (primary N) is 1. The minimum atomic E-state index is -0.459. The molecule has 1 amide bonds. The first kappa shape index (κ1) is 16.0. The molecule has 2 aromatic carbocycles. The summed E-state index contributed by atoms with van der Waals surface area (Å²) in [6.45, 7) is 2.05. The summed E-state index contributed by atoms with van der Waals surface area (Å²) >= 11 is 0. The van der Waals surface area contributed by atoms with Crippen LogP contribution in [0.15, 0.2) is 54.7 Å². The van der Waals surface area contributed by atoms with Gasteiger partial charge in [-0.2, -0.15) is 5.10 Å². The average molecular weight is 345 g/mol. The Bertz CT molecular complexity index is 1110. The normalized spacial score (nSPS) is 11.0. The molecule has 26 heavy (non-hydrogen) atoms. The molecule has 0 unspecified atom stereocenters. The van der Waals surface area contributed by atoms with Crippen LogP contribution in [0.5, 0.6) is 0 Å². The standard InChI is InChI=1S/C20H19N5O/c1-12-3-5-13(6-4-12)17-11-15-16(23-18-9-10-22-25(18)2)8-7-14(20(21)26)19(15)24-17/h3-11,23-24H,1-2H3,(H2,21,26). The maximum absolute atomic E-state index is 11.9. The molecule has 4 rings (SSSR count). The van der Waals surface area contributed by atoms with Crippen LogP contribution in [0, 0.1) is 6.92 Å². The highest BCUT2D eigenvalue weighted by atomic mass is 16.1. The van der Waals surface area contributed by atoms with Crippen LogP contribution in [-0.2, 0) is 7.05 Å². The van der Waals surface area contributed by atoms with Gasteiger partial charge in [-0.1, -0.05) is 29.8 Å². The number of primary amides is 1. The predicted octanol–water partition coefficient (Wildman–Crippen LogP) is 3.72. The quantitative estimate of drug-likeness (QED) is 0.527. The third-order valence-corrected chi connectivity index (χ3v) is 4.51. The first-order valence-corrected chi connectivity index (χ1v) is 8.30. The Kier molecular flexibility index (Phi) is 3.73. The zero-order valence-electron chi connectivity index (χ0n) is 14.6. The van der Waals surface area contributed by atoms with Gasteiger partial charge in [-0.3, -0.25) is 9.48 Å². The monoisotopic (exact) mass is 345 g/mol. The Hall–Kier alpha value is -3.54. The number of nitrogens with one attached hydrogen (secondary N) is 2. The molecule has 0 fully saturated rings. The van der Waals surface area contributed by atoms with Gasteiger partial charge in [-0.15, -0.1) is 0 Å². The summed E-state index contributed by atoms with van der Waals surface area (Å²) in [4.78, 5) is 15.2. The number of aryl methyl sites for hydroxylation is 2. The molecule has 0 saturated carbocycles. The van der Waals surface area contributed by atoms with Crippen LogP contribution in [0.25, 0.3) is 22.2 Å². The Morgan fingerprint density at radius 1 is 1.15 bits per heavy atom. The van der Waals surface area contributed by atoms with Gasteiger partial charge in [0, 0.05) is 29.9 Å². The number of nitrogens with zero attached hydrogens (tertiary/aromatic N) is 2. The van der Waals surface area contributed by atoms with Crippen molar-refractivity contribution in [3.05, 3.63) is 65.9 Å². The van der Waals surface area contributed by atoms with E-state index in [1.165, 1.54) is 5.56 Å². The minimum Gasteiger partial charge on any atom is -0.366 e. The Morgan fingerprint density at radius 3 is 2.58 bits per heavy atom. The number of aromatic nitrogens is 3. The van der Waals surface area contributed by atoms with Gasteiger partial charge in [0.1, 0.15) is 5.82 Å². The van der Waals surface area contributed by atoms with Crippen molar-refractivity contribution in [3.8, 4) is 11.3 Å². The first-order valence-electron chi connectivity index (χ1n) is 8.30. The van der Waals surface area contributed by atoms with E-state index in [2.05, 4.69) is 46.6 Å². The lowest BCUT2D eigenvalue weighted by atomic mass is 10.1. The number of rotatable bonds is 4. The van der Waals surface area contributed by atoms with Gasteiger partial charge >= 0.3 is 0 Å². The topological polar surface area (TPSA) is 88.7 Å². The number of benzene rings is 2. The average Bonchev–Trinajstić information content (AvgIpc) is 3.22. The van der Waals surface area contributed by atoms with E-state index in [4.69, 9.17) is 5.73 Å². The van der Waals surface area contributed by atoms with Crippen LogP contribution < -0.4 is 11.1 Å². The molecule has 2 aromatic heterocycles. The van der Waals surface area contributed by atoms with E-state index in [0.717, 1.165) is 33.7 Å². The summed E-state index contributed by atoms with van der Waals surface area (Å²) in [6.07, 6.45) is 1.73. The molecule has 0 aliphatic carbocycles. The predicted molar refractivity (Wildman–Crippen MR) is 103 cm³/mol. The van der Waals surface area contributed by atoms with E-state index in [1.54, 1.807) is 16.9 Å². The molecule has 0 radical (unpaired) electrons. The number of carbonyl (C=O) groups is 1. The summed E-state index contributed by atoms with van der Waals surface area (Å²) in [5, 5.41) is 8.44. The maximum Gasteiger partial charge on any atom is 0.250 e. The van der Waals surface area contributed by atoms with Gasteiger partial charge in [0.25, 0.3) is 5.91 Å². The van der Waals surface area contributed by atoms with Crippen molar-refractivity contribution in [2.24, 2.45) is 12.8 Å². The van der Waals surface area contributed by atoms with Crippen LogP contribution in [0.1, 0.15) is 15.9 Å². The van der Waals surface area contributed by atoms with Crippen molar-refractivity contribution in [3.63, 3.8) is 0 Å². The molecular weight excluding hydrogens is 326 g/mol. The van der Waals surface area contributed by atoms with Gasteiger partial charge in [0.15, 0.2) is 0 Å². The molecule has 0 aliphatic rings. The number of hydrogen-bond acceptors (Lipinski definition) is 3. The fraction of sp³-hybridized carbons (Fsp3) is 0.100. The van der Waals surface area contributed by atoms with Gasteiger partial charge in [-0.05, 0) is 30.7 Å². The smallest absolute Gasteiger partial charge is 0.250 e. The third-order valence-electron chi connectivity index (χ3n) is 4.51. The van der Waals surface area contributed by atoms with Crippen molar-refractivity contribution in [1.29, 1.82) is 0 Å². The van der Waals surface area contributed by atoms with Crippen molar-refractivity contribution in [2.45, 2.75) is 6.92 Å². The van der Waals surface area contributed by atoms with E-state index < -0.39 is 5.91 Å². The second kappa shape index (κ2) is 6.07. The zero-order valence-corrected chi connectivity index (χ0v) is 14.6. The van der Waals surface area contributed by atoms with E-state index in [-0.39, 0.29) is 0 Å². The highest BCUT2D eigenvalue weighted by Gasteiger charge is 2.15. The number of H-pyrrole nitrogens is 1. The van der Waals surface area contributed by atoms with Crippen molar-refractivity contribution < 1.29 is 4.79 Å². The first-order chi connectivity index (χ1) is 12.5. The van der Waals surface area contributed by atoms with Crippen LogP contribution in [-0.4, -0.2) is 20.7 Å². The second-order valence-corrected chi connectivity index (χ2v) is 6.33. The Labute approximate surface area is 150 Å². The number of anilines is 2. The second-order valence-electron chi connectivity index (χ2n) is 6.33. The van der Waals surface area contributed by atoms with Crippen LogP contribution in [0.4, 0.5) is 11.5 Å². The van der Waals surface area contributed by atoms with Crippen molar-refractivity contribution in [2.75, 3.05) is 5.32 Å². The molecule has 0 aliphatic heterocycles. The summed E-state index contributed by atoms with van der Waals surface area (Å²) in [6, 6.07) is 15.7. The number of aromatic amines is 1. The SMILES string of the molecule is Cc1ccc(-c2cc3c(Nc4ccnn4C)ccc(C(N)=O)c3[nH]2)cc1. The van der Waals surface area contributed by atoms with Crippen LogP contribution in [0.2, 0.25) is 0 Å². The molecule has 4 N–H and O–H groups in total. The largest absolute Gasteiger partial charge is 0.366 e. The number of amides is 1. The summed E-state index contributed by atoms with van der Waals surface area (Å²) < 4.78 is 1.75. The molecular formula is C20H19N5O. The van der Waals surface area contributed by atoms with Gasteiger partial charge < -0.3 is 16.0 Å². The van der Waals surface area contributed by atoms with Gasteiger partial charge in [-0.25, -0.2) is 0 Å². The molecule has 6 nitrogen and oxygen atoms in total. The molecule has 130 valence electrons. The van der Waals surface area contributed by atoms with Gasteiger partial charge in [0.05, 0.1) is 17.3 Å². The van der Waals surface area contributed by atoms with Crippen molar-refractivity contribution in [1.82, 2.24) is 14.8 Å². The summed E-state index contributed by atoms with van der Waals surface area (Å²) in [7, 11) is 1.87. The molecule has 0 atom stereocenters. The van der Waals surface area contributed by atoms with E-state index in [9.17, 15) is 4.79 Å². The van der Waals surface area contributed by atoms with Crippen LogP contribution >= 0.6 is 0 Å². The van der Waals surface area contributed by atoms with Crippen molar-refractivity contribution >= 4 is 28.3 Å². The van der Waals surface area contributed by atoms with E-state index in [1.807, 2.05) is 25.2 Å². The fourth-order valence-electron chi connectivity index (χ4n) is 3.06. The molecule has 4 aromatic rings. The highest BCUT2D eigenvalue weighted by molar-refractivity contribution is 6.10. The number of carbonyl (C=O) groups excluding carboxylic acids is 1. The summed E-state index contributed by atoms with van der Waals surface area (Å²) in [5.41, 5.74) is 10.8. The maximum atomic E-state index is 11.9. The minimum absolute atomic E-state index is 0.459. The molecule has 6 heteroatoms. The lowest BCUT2D eigenvalue weighted by Crippen LogP contribution is -2.11. The molecule has 2 heterocycles. The number of hydrogen-bond donors (Lipinski definition) is 3. The zero-order chi connectivity index (χ0) is 18.3. The lowest BCUT2D eigenvalue weighted by molar-refractivity contribution is 0.100. The fourth-order valence-corrected chi connectivity index (χ4v) is 3.06. The number of fused-ring (bicyclic) bond motifs is 1. The molecule has 0 spiro atoms.